The van der Waals surface area contributed by atoms with Crippen LogP contribution < -0.4 is 10.1 Å². The molecular formula is C18H19N5O3. The molecule has 1 N–H and O–H groups in total. The molecule has 0 bridgehead atoms. The highest BCUT2D eigenvalue weighted by atomic mass is 16.6. The van der Waals surface area contributed by atoms with E-state index in [2.05, 4.69) is 15.3 Å². The van der Waals surface area contributed by atoms with Crippen molar-refractivity contribution in [3.8, 4) is 11.6 Å². The Morgan fingerprint density at radius 2 is 1.92 bits per heavy atom. The number of nitrogens with zero attached hydrogens (tertiary/aromatic N) is 4. The van der Waals surface area contributed by atoms with Gasteiger partial charge in [0.1, 0.15) is 17.4 Å². The predicted octanol–water partition coefficient (Wildman–Crippen LogP) is 4.05. The Hall–Kier alpha value is -3.42. The Labute approximate surface area is 150 Å². The Morgan fingerprint density at radius 1 is 1.19 bits per heavy atom. The highest BCUT2D eigenvalue weighted by Gasteiger charge is 2.18. The summed E-state index contributed by atoms with van der Waals surface area (Å²) < 4.78 is 6.95. The number of anilines is 2. The summed E-state index contributed by atoms with van der Waals surface area (Å²) in [4.78, 5) is 19.7. The van der Waals surface area contributed by atoms with E-state index in [1.165, 1.54) is 6.07 Å². The van der Waals surface area contributed by atoms with E-state index >= 15 is 0 Å². The number of ether oxygens (including phenoxy) is 1. The fourth-order valence-electron chi connectivity index (χ4n) is 2.56. The molecule has 3 rings (SSSR count). The summed E-state index contributed by atoms with van der Waals surface area (Å²) in [6.07, 6.45) is 3.48. The van der Waals surface area contributed by atoms with Crippen LogP contribution in [0.4, 0.5) is 17.2 Å². The summed E-state index contributed by atoms with van der Waals surface area (Å²) in [7, 11) is 1.58. The number of benzene rings is 1. The molecule has 2 aromatic heterocycles. The van der Waals surface area contributed by atoms with E-state index in [1.54, 1.807) is 49.8 Å². The fraction of sp³-hybridized carbons (Fsp3) is 0.222. The molecule has 0 aliphatic carbocycles. The summed E-state index contributed by atoms with van der Waals surface area (Å²) in [6, 6.07) is 10.1. The van der Waals surface area contributed by atoms with Crippen molar-refractivity contribution in [1.29, 1.82) is 0 Å². The Morgan fingerprint density at radius 3 is 2.54 bits per heavy atom. The molecule has 0 spiro atoms. The lowest BCUT2D eigenvalue weighted by atomic mass is 10.2. The number of hydrogen-bond donors (Lipinski definition) is 1. The summed E-state index contributed by atoms with van der Waals surface area (Å²) in [5.41, 5.74) is 0.573. The number of hydrogen-bond acceptors (Lipinski definition) is 6. The van der Waals surface area contributed by atoms with E-state index < -0.39 is 4.92 Å². The lowest BCUT2D eigenvalue weighted by Crippen LogP contribution is -2.07. The number of rotatable bonds is 6. The maximum atomic E-state index is 11.4. The lowest BCUT2D eigenvalue weighted by Gasteiger charge is -2.12. The summed E-state index contributed by atoms with van der Waals surface area (Å²) >= 11 is 0. The van der Waals surface area contributed by atoms with Gasteiger partial charge in [0.05, 0.1) is 12.0 Å². The van der Waals surface area contributed by atoms with Gasteiger partial charge in [-0.05, 0) is 30.3 Å². The first-order chi connectivity index (χ1) is 12.5. The first-order valence-corrected chi connectivity index (χ1v) is 8.09. The van der Waals surface area contributed by atoms with Crippen LogP contribution in [-0.4, -0.2) is 26.6 Å². The molecule has 0 atom stereocenters. The van der Waals surface area contributed by atoms with Crippen LogP contribution in [0.2, 0.25) is 0 Å². The Kier molecular flexibility index (Phi) is 4.83. The number of nitro groups is 1. The molecule has 0 saturated carbocycles. The third-order valence-electron chi connectivity index (χ3n) is 3.84. The second-order valence-electron chi connectivity index (χ2n) is 5.96. The molecule has 0 aliphatic heterocycles. The smallest absolute Gasteiger partial charge is 0.311 e. The van der Waals surface area contributed by atoms with Gasteiger partial charge < -0.3 is 10.1 Å². The number of nitrogens with one attached hydrogen (secondary N) is 1. The number of aromatic nitrogens is 3. The van der Waals surface area contributed by atoms with Crippen LogP contribution in [0, 0.1) is 10.1 Å². The van der Waals surface area contributed by atoms with Gasteiger partial charge in [-0.15, -0.1) is 0 Å². The molecule has 8 nitrogen and oxygen atoms in total. The van der Waals surface area contributed by atoms with E-state index in [4.69, 9.17) is 4.74 Å². The minimum atomic E-state index is -0.458. The van der Waals surface area contributed by atoms with Crippen LogP contribution in [0.1, 0.15) is 25.6 Å². The van der Waals surface area contributed by atoms with Crippen LogP contribution in [0.25, 0.3) is 5.82 Å². The maximum absolute atomic E-state index is 11.4. The van der Waals surface area contributed by atoms with Gasteiger partial charge in [-0.3, -0.25) is 14.7 Å². The van der Waals surface area contributed by atoms with Crippen LogP contribution in [0.15, 0.2) is 48.8 Å². The number of methoxy groups -OCH3 is 1. The van der Waals surface area contributed by atoms with Gasteiger partial charge in [-0.2, -0.15) is 0 Å². The van der Waals surface area contributed by atoms with Gasteiger partial charge in [0.2, 0.25) is 5.82 Å². The minimum Gasteiger partial charge on any atom is -0.497 e. The van der Waals surface area contributed by atoms with E-state index in [0.717, 1.165) is 5.82 Å². The predicted molar refractivity (Wildman–Crippen MR) is 98.4 cm³/mol. The second kappa shape index (κ2) is 7.22. The first kappa shape index (κ1) is 17.4. The van der Waals surface area contributed by atoms with E-state index in [-0.39, 0.29) is 17.4 Å². The molecule has 26 heavy (non-hydrogen) atoms. The molecule has 2 heterocycles. The fourth-order valence-corrected chi connectivity index (χ4v) is 2.56. The molecule has 0 saturated heterocycles. The van der Waals surface area contributed by atoms with Crippen LogP contribution in [0.5, 0.6) is 5.75 Å². The molecule has 3 aromatic rings. The summed E-state index contributed by atoms with van der Waals surface area (Å²) in [5.74, 6) is 2.46. The van der Waals surface area contributed by atoms with E-state index in [9.17, 15) is 10.1 Å². The van der Waals surface area contributed by atoms with Crippen molar-refractivity contribution in [2.24, 2.45) is 0 Å². The monoisotopic (exact) mass is 353 g/mol. The van der Waals surface area contributed by atoms with Gasteiger partial charge in [0.25, 0.3) is 0 Å². The largest absolute Gasteiger partial charge is 0.497 e. The third kappa shape index (κ3) is 3.49. The Bertz CT molecular complexity index is 919. The zero-order valence-electron chi connectivity index (χ0n) is 14.7. The minimum absolute atomic E-state index is 0.101. The molecule has 0 amide bonds. The quantitative estimate of drug-likeness (QED) is 0.530. The molecular weight excluding hydrogens is 334 g/mol. The Balaban J connectivity index is 2.01. The zero-order chi connectivity index (χ0) is 18.7. The van der Waals surface area contributed by atoms with Crippen LogP contribution in [0.3, 0.4) is 0 Å². The van der Waals surface area contributed by atoms with Gasteiger partial charge >= 0.3 is 5.69 Å². The van der Waals surface area contributed by atoms with Crippen molar-refractivity contribution in [2.45, 2.75) is 19.8 Å². The standard InChI is InChI=1S/C18H19N5O3/c1-12(2)18-19-10-11-22(18)16-9-8-15(23(24)25)17(21-16)20-13-4-6-14(26-3)7-5-13/h4-12H,1-3H3,(H,20,21). The van der Waals surface area contributed by atoms with Gasteiger partial charge in [-0.25, -0.2) is 9.97 Å². The topological polar surface area (TPSA) is 95.1 Å². The average molecular weight is 353 g/mol. The number of pyridine rings is 1. The normalized spacial score (nSPS) is 10.8. The van der Waals surface area contributed by atoms with E-state index in [1.807, 2.05) is 18.4 Å². The van der Waals surface area contributed by atoms with E-state index in [0.29, 0.717) is 17.3 Å². The molecule has 0 aliphatic rings. The molecule has 0 unspecified atom stereocenters. The van der Waals surface area contributed by atoms with Gasteiger partial charge in [-0.1, -0.05) is 13.8 Å². The molecule has 0 radical (unpaired) electrons. The summed E-state index contributed by atoms with van der Waals surface area (Å²) in [6.45, 7) is 4.06. The van der Waals surface area contributed by atoms with Gasteiger partial charge in [0, 0.05) is 30.1 Å². The molecule has 1 aromatic carbocycles. The highest BCUT2D eigenvalue weighted by molar-refractivity contribution is 5.67. The SMILES string of the molecule is COc1ccc(Nc2nc(-n3ccnc3C(C)C)ccc2[N+](=O)[O-])cc1. The summed E-state index contributed by atoms with van der Waals surface area (Å²) in [5, 5.41) is 14.4. The molecule has 8 heteroatoms. The average Bonchev–Trinajstić information content (AvgIpc) is 3.12. The third-order valence-corrected chi connectivity index (χ3v) is 3.84. The molecule has 0 fully saturated rings. The van der Waals surface area contributed by atoms with Crippen molar-refractivity contribution < 1.29 is 9.66 Å². The highest BCUT2D eigenvalue weighted by Crippen LogP contribution is 2.28. The zero-order valence-corrected chi connectivity index (χ0v) is 14.7. The van der Waals surface area contributed by atoms with Crippen molar-refractivity contribution >= 4 is 17.2 Å². The first-order valence-electron chi connectivity index (χ1n) is 8.09. The van der Waals surface area contributed by atoms with Crippen molar-refractivity contribution in [2.75, 3.05) is 12.4 Å². The van der Waals surface area contributed by atoms with Crippen LogP contribution in [-0.2, 0) is 0 Å². The van der Waals surface area contributed by atoms with Crippen molar-refractivity contribution in [1.82, 2.24) is 14.5 Å². The number of imidazole rings is 1. The van der Waals surface area contributed by atoms with Crippen molar-refractivity contribution in [3.05, 3.63) is 64.7 Å². The lowest BCUT2D eigenvalue weighted by molar-refractivity contribution is -0.384. The van der Waals surface area contributed by atoms with Gasteiger partial charge in [0.15, 0.2) is 0 Å². The molecule has 134 valence electrons. The van der Waals surface area contributed by atoms with Crippen molar-refractivity contribution in [3.63, 3.8) is 0 Å². The maximum Gasteiger partial charge on any atom is 0.311 e. The van der Waals surface area contributed by atoms with Crippen LogP contribution >= 0.6 is 0 Å². The second-order valence-corrected chi connectivity index (χ2v) is 5.96.